The first-order chi connectivity index (χ1) is 6.31. The van der Waals surface area contributed by atoms with Crippen LogP contribution in [0.25, 0.3) is 11.5 Å². The number of hydrogen-bond acceptors (Lipinski definition) is 5. The highest BCUT2D eigenvalue weighted by Gasteiger charge is 2.09. The first-order valence-electron chi connectivity index (χ1n) is 3.79. The van der Waals surface area contributed by atoms with Gasteiger partial charge >= 0.3 is 6.01 Å². The molecule has 0 amide bonds. The summed E-state index contributed by atoms with van der Waals surface area (Å²) in [6, 6.07) is 0.399. The lowest BCUT2D eigenvalue weighted by Gasteiger charge is -1.92. The number of nitrogens with zero attached hydrogens (tertiary/aromatic N) is 4. The van der Waals surface area contributed by atoms with Gasteiger partial charge in [0.25, 0.3) is 0 Å². The third-order valence-electron chi connectivity index (χ3n) is 1.69. The summed E-state index contributed by atoms with van der Waals surface area (Å²) in [6.07, 6.45) is 3.37. The van der Waals surface area contributed by atoms with Crippen molar-refractivity contribution in [2.45, 2.75) is 0 Å². The van der Waals surface area contributed by atoms with Crippen LogP contribution in [0.15, 0.2) is 17.0 Å². The van der Waals surface area contributed by atoms with E-state index in [1.807, 2.05) is 11.6 Å². The minimum Gasteiger partial charge on any atom is -0.341 e. The van der Waals surface area contributed by atoms with Gasteiger partial charge in [-0.25, -0.2) is 4.98 Å². The third-order valence-corrected chi connectivity index (χ3v) is 1.69. The molecule has 6 nitrogen and oxygen atoms in total. The summed E-state index contributed by atoms with van der Waals surface area (Å²) in [5, 5.41) is 6.54. The van der Waals surface area contributed by atoms with Crippen molar-refractivity contribution in [3.63, 3.8) is 0 Å². The first kappa shape index (κ1) is 7.78. The number of anilines is 1. The summed E-state index contributed by atoms with van der Waals surface area (Å²) >= 11 is 0. The van der Waals surface area contributed by atoms with Gasteiger partial charge in [0.15, 0.2) is 0 Å². The normalized spacial score (nSPS) is 10.3. The number of aromatic nitrogens is 4. The van der Waals surface area contributed by atoms with E-state index in [0.717, 1.165) is 5.69 Å². The molecule has 0 aliphatic heterocycles. The summed E-state index contributed by atoms with van der Waals surface area (Å²) in [5.41, 5.74) is 0.824. The SMILES string of the molecule is CNc1nc(-c2cncn2C)no1. The quantitative estimate of drug-likeness (QED) is 0.727. The van der Waals surface area contributed by atoms with Crippen LogP contribution in [0.4, 0.5) is 6.01 Å². The van der Waals surface area contributed by atoms with Gasteiger partial charge in [0.2, 0.25) is 5.82 Å². The van der Waals surface area contributed by atoms with Gasteiger partial charge in [-0.3, -0.25) is 0 Å². The van der Waals surface area contributed by atoms with Crippen LogP contribution < -0.4 is 5.32 Å². The summed E-state index contributed by atoms with van der Waals surface area (Å²) < 4.78 is 6.70. The average molecular weight is 179 g/mol. The number of rotatable bonds is 2. The second-order valence-corrected chi connectivity index (χ2v) is 2.56. The van der Waals surface area contributed by atoms with E-state index >= 15 is 0 Å². The van der Waals surface area contributed by atoms with E-state index in [0.29, 0.717) is 11.8 Å². The number of hydrogen-bond donors (Lipinski definition) is 1. The Morgan fingerprint density at radius 1 is 1.54 bits per heavy atom. The van der Waals surface area contributed by atoms with Crippen molar-refractivity contribution >= 4 is 6.01 Å². The summed E-state index contributed by atoms with van der Waals surface area (Å²) in [4.78, 5) is 8.04. The van der Waals surface area contributed by atoms with Crippen LogP contribution in [0.2, 0.25) is 0 Å². The Labute approximate surface area is 74.6 Å². The van der Waals surface area contributed by atoms with E-state index in [9.17, 15) is 0 Å². The zero-order valence-electron chi connectivity index (χ0n) is 7.35. The van der Waals surface area contributed by atoms with E-state index in [1.165, 1.54) is 0 Å². The van der Waals surface area contributed by atoms with Crippen molar-refractivity contribution < 1.29 is 4.52 Å². The highest BCUT2D eigenvalue weighted by molar-refractivity contribution is 5.48. The summed E-state index contributed by atoms with van der Waals surface area (Å²) in [7, 11) is 3.60. The Balaban J connectivity index is 2.41. The van der Waals surface area contributed by atoms with Gasteiger partial charge in [0.1, 0.15) is 5.69 Å². The molecule has 0 aromatic carbocycles. The van der Waals surface area contributed by atoms with Crippen LogP contribution in [0.1, 0.15) is 0 Å². The fourth-order valence-corrected chi connectivity index (χ4v) is 1.00. The lowest BCUT2D eigenvalue weighted by atomic mass is 10.4. The second-order valence-electron chi connectivity index (χ2n) is 2.56. The molecule has 6 heteroatoms. The van der Waals surface area contributed by atoms with E-state index in [2.05, 4.69) is 20.4 Å². The topological polar surface area (TPSA) is 68.8 Å². The zero-order valence-corrected chi connectivity index (χ0v) is 7.35. The van der Waals surface area contributed by atoms with Gasteiger partial charge in [-0.05, 0) is 0 Å². The van der Waals surface area contributed by atoms with Crippen LogP contribution in [0.5, 0.6) is 0 Å². The van der Waals surface area contributed by atoms with Gasteiger partial charge < -0.3 is 14.4 Å². The molecule has 2 aromatic rings. The van der Waals surface area contributed by atoms with Crippen molar-refractivity contribution in [1.82, 2.24) is 19.7 Å². The molecule has 0 bridgehead atoms. The zero-order chi connectivity index (χ0) is 9.26. The van der Waals surface area contributed by atoms with Gasteiger partial charge in [-0.1, -0.05) is 5.16 Å². The van der Waals surface area contributed by atoms with E-state index < -0.39 is 0 Å². The molecule has 0 aliphatic rings. The van der Waals surface area contributed by atoms with Crippen molar-refractivity contribution in [1.29, 1.82) is 0 Å². The minimum absolute atomic E-state index is 0.399. The molecule has 2 aromatic heterocycles. The fourth-order valence-electron chi connectivity index (χ4n) is 1.00. The largest absolute Gasteiger partial charge is 0.341 e. The molecule has 0 aliphatic carbocycles. The van der Waals surface area contributed by atoms with E-state index in [1.54, 1.807) is 19.6 Å². The van der Waals surface area contributed by atoms with Gasteiger partial charge in [0, 0.05) is 14.1 Å². The molecular weight excluding hydrogens is 170 g/mol. The molecule has 2 rings (SSSR count). The van der Waals surface area contributed by atoms with Crippen LogP contribution in [0.3, 0.4) is 0 Å². The Morgan fingerprint density at radius 3 is 2.92 bits per heavy atom. The highest BCUT2D eigenvalue weighted by atomic mass is 16.5. The van der Waals surface area contributed by atoms with Crippen LogP contribution in [0, 0.1) is 0 Å². The van der Waals surface area contributed by atoms with Crippen LogP contribution in [-0.4, -0.2) is 26.7 Å². The molecule has 1 N–H and O–H groups in total. The fraction of sp³-hybridized carbons (Fsp3) is 0.286. The standard InChI is InChI=1S/C7H9N5O/c1-8-7-10-6(11-13-7)5-3-9-4-12(5)2/h3-4H,1-2H3,(H,8,10,11). The molecule has 0 fully saturated rings. The maximum atomic E-state index is 4.88. The number of nitrogens with one attached hydrogen (secondary N) is 1. The molecule has 0 unspecified atom stereocenters. The molecule has 13 heavy (non-hydrogen) atoms. The molecule has 0 saturated heterocycles. The molecular formula is C7H9N5O. The Bertz CT molecular complexity index is 404. The van der Waals surface area contributed by atoms with Crippen molar-refractivity contribution in [3.05, 3.63) is 12.5 Å². The molecule has 68 valence electrons. The highest BCUT2D eigenvalue weighted by Crippen LogP contribution is 2.15. The monoisotopic (exact) mass is 179 g/mol. The predicted octanol–water partition coefficient (Wildman–Crippen LogP) is 0.512. The lowest BCUT2D eigenvalue weighted by Crippen LogP contribution is -1.91. The van der Waals surface area contributed by atoms with Crippen molar-refractivity contribution in [2.75, 3.05) is 12.4 Å². The molecule has 0 radical (unpaired) electrons. The van der Waals surface area contributed by atoms with Gasteiger partial charge in [0.05, 0.1) is 12.5 Å². The van der Waals surface area contributed by atoms with Crippen molar-refractivity contribution in [2.24, 2.45) is 7.05 Å². The molecule has 2 heterocycles. The lowest BCUT2D eigenvalue weighted by molar-refractivity contribution is 0.433. The Hall–Kier alpha value is -1.85. The number of imidazole rings is 1. The minimum atomic E-state index is 0.399. The van der Waals surface area contributed by atoms with Crippen molar-refractivity contribution in [3.8, 4) is 11.5 Å². The summed E-state index contributed by atoms with van der Waals surface area (Å²) in [6.45, 7) is 0. The van der Waals surface area contributed by atoms with Gasteiger partial charge in [-0.2, -0.15) is 4.98 Å². The van der Waals surface area contributed by atoms with Crippen LogP contribution in [-0.2, 0) is 7.05 Å². The first-order valence-corrected chi connectivity index (χ1v) is 3.79. The summed E-state index contributed by atoms with van der Waals surface area (Å²) in [5.74, 6) is 0.532. The second kappa shape index (κ2) is 2.89. The van der Waals surface area contributed by atoms with Gasteiger partial charge in [-0.15, -0.1) is 0 Å². The third kappa shape index (κ3) is 1.26. The smallest absolute Gasteiger partial charge is 0.321 e. The average Bonchev–Trinajstić information content (AvgIpc) is 2.71. The van der Waals surface area contributed by atoms with E-state index in [-0.39, 0.29) is 0 Å². The van der Waals surface area contributed by atoms with Crippen LogP contribution >= 0.6 is 0 Å². The maximum Gasteiger partial charge on any atom is 0.321 e. The molecule has 0 spiro atoms. The Kier molecular flexibility index (Phi) is 1.73. The molecule has 0 saturated carbocycles. The predicted molar refractivity (Wildman–Crippen MR) is 46.0 cm³/mol. The molecule has 0 atom stereocenters. The van der Waals surface area contributed by atoms with E-state index in [4.69, 9.17) is 4.52 Å². The maximum absolute atomic E-state index is 4.88. The number of aryl methyl sites for hydroxylation is 1. The Morgan fingerprint density at radius 2 is 2.38 bits per heavy atom.